The van der Waals surface area contributed by atoms with Crippen molar-refractivity contribution in [2.24, 2.45) is 5.73 Å². The van der Waals surface area contributed by atoms with Crippen molar-refractivity contribution < 1.29 is 0 Å². The molecule has 2 rings (SSSR count). The largest absolute Gasteiger partial charge is 0.326 e. The standard InChI is InChI=1S/C16H17N3O/c1-2-12-13(9-17)15(19-16(20)14(12)10-18)8-11-6-4-3-5-7-11/h3-7H,2,8-9,17H2,1H3,(H,19,20). The van der Waals surface area contributed by atoms with Gasteiger partial charge in [-0.1, -0.05) is 37.3 Å². The molecule has 0 spiro atoms. The number of nitrogens with two attached hydrogens (primary N) is 1. The van der Waals surface area contributed by atoms with Gasteiger partial charge in [0.05, 0.1) is 0 Å². The van der Waals surface area contributed by atoms with E-state index in [1.807, 2.05) is 43.3 Å². The van der Waals surface area contributed by atoms with Crippen LogP contribution < -0.4 is 11.3 Å². The molecule has 3 N–H and O–H groups in total. The summed E-state index contributed by atoms with van der Waals surface area (Å²) in [5.41, 5.74) is 9.24. The van der Waals surface area contributed by atoms with Crippen molar-refractivity contribution in [1.29, 1.82) is 5.26 Å². The van der Waals surface area contributed by atoms with E-state index in [1.54, 1.807) is 0 Å². The highest BCUT2D eigenvalue weighted by atomic mass is 16.1. The fraction of sp³-hybridized carbons (Fsp3) is 0.250. The lowest BCUT2D eigenvalue weighted by molar-refractivity contribution is 0.903. The molecule has 1 heterocycles. The minimum atomic E-state index is -0.326. The Morgan fingerprint density at radius 2 is 1.95 bits per heavy atom. The third kappa shape index (κ3) is 2.63. The van der Waals surface area contributed by atoms with Crippen LogP contribution in [-0.2, 0) is 19.4 Å². The number of hydrogen-bond acceptors (Lipinski definition) is 3. The van der Waals surface area contributed by atoms with Gasteiger partial charge in [-0.25, -0.2) is 0 Å². The molecule has 0 radical (unpaired) electrons. The number of rotatable bonds is 4. The number of aromatic nitrogens is 1. The lowest BCUT2D eigenvalue weighted by atomic mass is 9.96. The molecule has 1 aromatic heterocycles. The van der Waals surface area contributed by atoms with Gasteiger partial charge in [0.25, 0.3) is 5.56 Å². The molecule has 0 aliphatic carbocycles. The second kappa shape index (κ2) is 6.18. The molecule has 2 aromatic rings. The molecule has 0 unspecified atom stereocenters. The van der Waals surface area contributed by atoms with Gasteiger partial charge >= 0.3 is 0 Å². The van der Waals surface area contributed by atoms with Gasteiger partial charge in [-0.05, 0) is 23.1 Å². The SMILES string of the molecule is CCc1c(CN)c(Cc2ccccc2)[nH]c(=O)c1C#N. The molecule has 0 bridgehead atoms. The van der Waals surface area contributed by atoms with E-state index in [0.717, 1.165) is 22.4 Å². The van der Waals surface area contributed by atoms with Gasteiger partial charge in [-0.2, -0.15) is 5.26 Å². The number of nitrogens with one attached hydrogen (secondary N) is 1. The van der Waals surface area contributed by atoms with E-state index in [0.29, 0.717) is 19.4 Å². The van der Waals surface area contributed by atoms with Crippen molar-refractivity contribution in [3.63, 3.8) is 0 Å². The Hall–Kier alpha value is -2.38. The second-order valence-electron chi connectivity index (χ2n) is 4.60. The molecule has 0 aliphatic rings. The average Bonchev–Trinajstić information content (AvgIpc) is 2.47. The topological polar surface area (TPSA) is 82.7 Å². The van der Waals surface area contributed by atoms with Crippen LogP contribution in [0.3, 0.4) is 0 Å². The quantitative estimate of drug-likeness (QED) is 0.887. The molecule has 0 aliphatic heterocycles. The first-order chi connectivity index (χ1) is 9.71. The van der Waals surface area contributed by atoms with Crippen LogP contribution in [0.15, 0.2) is 35.1 Å². The lowest BCUT2D eigenvalue weighted by Crippen LogP contribution is -2.21. The summed E-state index contributed by atoms with van der Waals surface area (Å²) < 4.78 is 0. The maximum Gasteiger partial charge on any atom is 0.266 e. The summed E-state index contributed by atoms with van der Waals surface area (Å²) >= 11 is 0. The van der Waals surface area contributed by atoms with E-state index in [4.69, 9.17) is 11.0 Å². The predicted octanol–water partition coefficient (Wildman–Crippen LogP) is 1.86. The van der Waals surface area contributed by atoms with Crippen LogP contribution in [0.5, 0.6) is 0 Å². The Balaban J connectivity index is 2.57. The third-order valence-electron chi connectivity index (χ3n) is 3.42. The molecule has 4 nitrogen and oxygen atoms in total. The third-order valence-corrected chi connectivity index (χ3v) is 3.42. The smallest absolute Gasteiger partial charge is 0.266 e. The predicted molar refractivity (Wildman–Crippen MR) is 78.3 cm³/mol. The minimum absolute atomic E-state index is 0.185. The highest BCUT2D eigenvalue weighted by Crippen LogP contribution is 2.17. The summed E-state index contributed by atoms with van der Waals surface area (Å²) in [6.45, 7) is 2.25. The molecule has 0 saturated heterocycles. The summed E-state index contributed by atoms with van der Waals surface area (Å²) in [6, 6.07) is 11.9. The number of H-pyrrole nitrogens is 1. The monoisotopic (exact) mass is 267 g/mol. The van der Waals surface area contributed by atoms with Crippen LogP contribution in [0.2, 0.25) is 0 Å². The van der Waals surface area contributed by atoms with Crippen LogP contribution in [0.25, 0.3) is 0 Å². The van der Waals surface area contributed by atoms with Gasteiger partial charge < -0.3 is 10.7 Å². The first-order valence-corrected chi connectivity index (χ1v) is 6.62. The Labute approximate surface area is 117 Å². The number of pyridine rings is 1. The van der Waals surface area contributed by atoms with Crippen molar-refractivity contribution in [3.8, 4) is 6.07 Å². The van der Waals surface area contributed by atoms with Gasteiger partial charge in [0.15, 0.2) is 0 Å². The van der Waals surface area contributed by atoms with Crippen molar-refractivity contribution in [1.82, 2.24) is 4.98 Å². The zero-order valence-corrected chi connectivity index (χ0v) is 11.4. The van der Waals surface area contributed by atoms with Gasteiger partial charge in [-0.3, -0.25) is 4.79 Å². The first-order valence-electron chi connectivity index (χ1n) is 6.62. The number of hydrogen-bond donors (Lipinski definition) is 2. The van der Waals surface area contributed by atoms with Gasteiger partial charge in [0.1, 0.15) is 11.6 Å². The summed E-state index contributed by atoms with van der Waals surface area (Å²) in [6.07, 6.45) is 1.24. The molecule has 0 fully saturated rings. The number of nitrogens with zero attached hydrogens (tertiary/aromatic N) is 1. The van der Waals surface area contributed by atoms with Crippen LogP contribution in [0.4, 0.5) is 0 Å². The molecular weight excluding hydrogens is 250 g/mol. The summed E-state index contributed by atoms with van der Waals surface area (Å²) in [5.74, 6) is 0. The Kier molecular flexibility index (Phi) is 4.34. The fourth-order valence-electron chi connectivity index (χ4n) is 2.45. The van der Waals surface area contributed by atoms with Crippen molar-refractivity contribution in [3.05, 3.63) is 68.6 Å². The van der Waals surface area contributed by atoms with Gasteiger partial charge in [-0.15, -0.1) is 0 Å². The minimum Gasteiger partial charge on any atom is -0.326 e. The van der Waals surface area contributed by atoms with E-state index in [-0.39, 0.29) is 11.1 Å². The second-order valence-corrected chi connectivity index (χ2v) is 4.60. The Morgan fingerprint density at radius 1 is 1.25 bits per heavy atom. The van der Waals surface area contributed by atoms with Crippen LogP contribution in [0, 0.1) is 11.3 Å². The molecule has 4 heteroatoms. The highest BCUT2D eigenvalue weighted by molar-refractivity contribution is 5.44. The van der Waals surface area contributed by atoms with Crippen LogP contribution >= 0.6 is 0 Å². The normalized spacial score (nSPS) is 10.2. The van der Waals surface area contributed by atoms with Crippen molar-refractivity contribution in [2.75, 3.05) is 0 Å². The van der Waals surface area contributed by atoms with Crippen LogP contribution in [-0.4, -0.2) is 4.98 Å². The molecular formula is C16H17N3O. The summed E-state index contributed by atoms with van der Waals surface area (Å²) in [5, 5.41) is 9.12. The molecule has 20 heavy (non-hydrogen) atoms. The van der Waals surface area contributed by atoms with E-state index in [2.05, 4.69) is 4.98 Å². The van der Waals surface area contributed by atoms with Crippen molar-refractivity contribution >= 4 is 0 Å². The molecule has 0 amide bonds. The molecule has 1 aromatic carbocycles. The van der Waals surface area contributed by atoms with E-state index < -0.39 is 0 Å². The van der Waals surface area contributed by atoms with E-state index in [9.17, 15) is 4.79 Å². The number of aromatic amines is 1. The fourth-order valence-corrected chi connectivity index (χ4v) is 2.45. The zero-order chi connectivity index (χ0) is 14.5. The highest BCUT2D eigenvalue weighted by Gasteiger charge is 2.15. The van der Waals surface area contributed by atoms with Gasteiger partial charge in [0, 0.05) is 18.7 Å². The molecule has 0 saturated carbocycles. The molecule has 0 atom stereocenters. The maximum atomic E-state index is 12.0. The van der Waals surface area contributed by atoms with Crippen LogP contribution in [0.1, 0.15) is 34.9 Å². The molecule has 102 valence electrons. The van der Waals surface area contributed by atoms with E-state index >= 15 is 0 Å². The number of benzene rings is 1. The first kappa shape index (κ1) is 14.0. The Morgan fingerprint density at radius 3 is 2.50 bits per heavy atom. The lowest BCUT2D eigenvalue weighted by Gasteiger charge is -2.13. The summed E-state index contributed by atoms with van der Waals surface area (Å²) in [4.78, 5) is 14.8. The maximum absolute atomic E-state index is 12.0. The zero-order valence-electron chi connectivity index (χ0n) is 11.4. The van der Waals surface area contributed by atoms with Gasteiger partial charge in [0.2, 0.25) is 0 Å². The number of nitriles is 1. The average molecular weight is 267 g/mol. The van der Waals surface area contributed by atoms with E-state index in [1.165, 1.54) is 0 Å². The van der Waals surface area contributed by atoms with Crippen molar-refractivity contribution in [2.45, 2.75) is 26.3 Å². The summed E-state index contributed by atoms with van der Waals surface area (Å²) in [7, 11) is 0. The Bertz CT molecular complexity index is 696.